The third-order valence-electron chi connectivity index (χ3n) is 3.11. The Morgan fingerprint density at radius 3 is 2.94 bits per heavy atom. The topological polar surface area (TPSA) is 92.1 Å². The molecule has 1 aliphatic heterocycles. The van der Waals surface area contributed by atoms with Crippen LogP contribution in [0, 0.1) is 5.41 Å². The zero-order valence-corrected chi connectivity index (χ0v) is 10.00. The summed E-state index contributed by atoms with van der Waals surface area (Å²) in [6.07, 6.45) is 3.50. The molecule has 90 valence electrons. The second kappa shape index (κ2) is 3.83. The number of sulfonamides is 1. The van der Waals surface area contributed by atoms with Crippen molar-refractivity contribution < 1.29 is 8.42 Å². The van der Waals surface area contributed by atoms with E-state index in [-0.39, 0.29) is 10.4 Å². The van der Waals surface area contributed by atoms with Crippen LogP contribution in [-0.4, -0.2) is 42.3 Å². The number of aromatic nitrogens is 2. The fraction of sp³-hybridized carbons (Fsp3) is 0.667. The van der Waals surface area contributed by atoms with E-state index in [0.29, 0.717) is 19.6 Å². The van der Waals surface area contributed by atoms with Crippen LogP contribution in [0.4, 0.5) is 0 Å². The van der Waals surface area contributed by atoms with Gasteiger partial charge in [-0.25, -0.2) is 13.4 Å². The molecule has 2 heterocycles. The van der Waals surface area contributed by atoms with Gasteiger partial charge in [-0.1, -0.05) is 6.92 Å². The summed E-state index contributed by atoms with van der Waals surface area (Å²) in [4.78, 5) is 6.36. The first kappa shape index (κ1) is 11.6. The lowest BCUT2D eigenvalue weighted by Crippen LogP contribution is -2.34. The highest BCUT2D eigenvalue weighted by atomic mass is 32.2. The predicted molar refractivity (Wildman–Crippen MR) is 59.1 cm³/mol. The Hall–Kier alpha value is -0.920. The van der Waals surface area contributed by atoms with Gasteiger partial charge in [-0.15, -0.1) is 0 Å². The number of hydrogen-bond acceptors (Lipinski definition) is 4. The SMILES string of the molecule is CC1(CN)CCN(S(=O)(=O)c2cnc[nH]2)C1. The van der Waals surface area contributed by atoms with E-state index < -0.39 is 10.0 Å². The molecule has 1 atom stereocenters. The molecule has 1 aromatic heterocycles. The highest BCUT2D eigenvalue weighted by molar-refractivity contribution is 7.89. The van der Waals surface area contributed by atoms with Gasteiger partial charge in [-0.05, 0) is 18.4 Å². The molecule has 0 radical (unpaired) electrons. The van der Waals surface area contributed by atoms with Crippen LogP contribution in [0.3, 0.4) is 0 Å². The Morgan fingerprint density at radius 2 is 2.44 bits per heavy atom. The van der Waals surface area contributed by atoms with Crippen molar-refractivity contribution >= 4 is 10.0 Å². The summed E-state index contributed by atoms with van der Waals surface area (Å²) in [6, 6.07) is 0. The van der Waals surface area contributed by atoms with E-state index in [2.05, 4.69) is 9.97 Å². The predicted octanol–water partition coefficient (Wildman–Crippen LogP) is -0.231. The van der Waals surface area contributed by atoms with Crippen LogP contribution in [0.25, 0.3) is 0 Å². The summed E-state index contributed by atoms with van der Waals surface area (Å²) in [7, 11) is -3.42. The Labute approximate surface area is 94.9 Å². The smallest absolute Gasteiger partial charge is 0.260 e. The van der Waals surface area contributed by atoms with Crippen molar-refractivity contribution in [2.24, 2.45) is 11.1 Å². The number of nitrogens with two attached hydrogens (primary N) is 1. The third-order valence-corrected chi connectivity index (χ3v) is 4.88. The maximum absolute atomic E-state index is 12.1. The van der Waals surface area contributed by atoms with Crippen molar-refractivity contribution in [2.75, 3.05) is 19.6 Å². The van der Waals surface area contributed by atoms with Crippen molar-refractivity contribution in [1.29, 1.82) is 0 Å². The van der Waals surface area contributed by atoms with Crippen molar-refractivity contribution in [1.82, 2.24) is 14.3 Å². The number of rotatable bonds is 3. The summed E-state index contributed by atoms with van der Waals surface area (Å²) in [5.41, 5.74) is 5.55. The lowest BCUT2D eigenvalue weighted by molar-refractivity contribution is 0.349. The Balaban J connectivity index is 2.22. The molecular formula is C9H16N4O2S. The van der Waals surface area contributed by atoms with Crippen LogP contribution < -0.4 is 5.73 Å². The summed E-state index contributed by atoms with van der Waals surface area (Å²) in [5, 5.41) is 0.147. The molecule has 7 heteroatoms. The lowest BCUT2D eigenvalue weighted by Gasteiger charge is -2.21. The Kier molecular flexibility index (Phi) is 2.77. The van der Waals surface area contributed by atoms with E-state index in [1.165, 1.54) is 16.8 Å². The van der Waals surface area contributed by atoms with Gasteiger partial charge in [0.2, 0.25) is 0 Å². The molecular weight excluding hydrogens is 228 g/mol. The standard InChI is InChI=1S/C9H16N4O2S/c1-9(5-10)2-3-13(6-9)16(14,15)8-4-11-7-12-8/h4,7H,2-3,5-6,10H2,1H3,(H,11,12). The second-order valence-electron chi connectivity index (χ2n) is 4.52. The maximum Gasteiger partial charge on any atom is 0.260 e. The lowest BCUT2D eigenvalue weighted by atomic mass is 9.90. The molecule has 1 unspecified atom stereocenters. The van der Waals surface area contributed by atoms with Gasteiger partial charge in [0.05, 0.1) is 12.5 Å². The van der Waals surface area contributed by atoms with Crippen molar-refractivity contribution in [3.63, 3.8) is 0 Å². The zero-order valence-electron chi connectivity index (χ0n) is 9.18. The van der Waals surface area contributed by atoms with Gasteiger partial charge in [-0.3, -0.25) is 0 Å². The number of nitrogens with zero attached hydrogens (tertiary/aromatic N) is 2. The highest BCUT2D eigenvalue weighted by Crippen LogP contribution is 2.31. The van der Waals surface area contributed by atoms with E-state index in [4.69, 9.17) is 5.73 Å². The minimum Gasteiger partial charge on any atom is -0.335 e. The molecule has 2 rings (SSSR count). The first-order chi connectivity index (χ1) is 7.48. The van der Waals surface area contributed by atoms with E-state index in [0.717, 1.165) is 6.42 Å². The monoisotopic (exact) mass is 244 g/mol. The van der Waals surface area contributed by atoms with Crippen LogP contribution in [0.2, 0.25) is 0 Å². The first-order valence-corrected chi connectivity index (χ1v) is 6.61. The normalized spacial score (nSPS) is 27.4. The number of nitrogens with one attached hydrogen (secondary N) is 1. The molecule has 1 aliphatic rings. The number of imidazole rings is 1. The van der Waals surface area contributed by atoms with Gasteiger partial charge in [0.15, 0.2) is 5.03 Å². The zero-order chi connectivity index (χ0) is 11.8. The van der Waals surface area contributed by atoms with Gasteiger partial charge < -0.3 is 10.7 Å². The summed E-state index contributed by atoms with van der Waals surface area (Å²) in [6.45, 7) is 3.51. The number of hydrogen-bond donors (Lipinski definition) is 2. The van der Waals surface area contributed by atoms with E-state index in [1.807, 2.05) is 6.92 Å². The van der Waals surface area contributed by atoms with Crippen LogP contribution in [-0.2, 0) is 10.0 Å². The average molecular weight is 244 g/mol. The fourth-order valence-electron chi connectivity index (χ4n) is 1.87. The van der Waals surface area contributed by atoms with E-state index in [1.54, 1.807) is 0 Å². The van der Waals surface area contributed by atoms with Crippen molar-refractivity contribution in [2.45, 2.75) is 18.4 Å². The fourth-order valence-corrected chi connectivity index (χ4v) is 3.36. The molecule has 6 nitrogen and oxygen atoms in total. The largest absolute Gasteiger partial charge is 0.335 e. The van der Waals surface area contributed by atoms with Crippen LogP contribution in [0.5, 0.6) is 0 Å². The molecule has 0 saturated carbocycles. The molecule has 1 fully saturated rings. The quantitative estimate of drug-likeness (QED) is 0.768. The number of H-pyrrole nitrogens is 1. The van der Waals surface area contributed by atoms with Crippen molar-refractivity contribution in [3.8, 4) is 0 Å². The van der Waals surface area contributed by atoms with Crippen LogP contribution in [0.15, 0.2) is 17.6 Å². The minimum atomic E-state index is -3.42. The Bertz CT molecular complexity index is 456. The summed E-state index contributed by atoms with van der Waals surface area (Å²) >= 11 is 0. The molecule has 1 saturated heterocycles. The maximum atomic E-state index is 12.1. The van der Waals surface area contributed by atoms with Crippen LogP contribution >= 0.6 is 0 Å². The molecule has 1 aromatic rings. The molecule has 0 aliphatic carbocycles. The third kappa shape index (κ3) is 1.85. The van der Waals surface area contributed by atoms with E-state index in [9.17, 15) is 8.42 Å². The Morgan fingerprint density at radius 1 is 1.69 bits per heavy atom. The van der Waals surface area contributed by atoms with Gasteiger partial charge in [-0.2, -0.15) is 4.31 Å². The van der Waals surface area contributed by atoms with Crippen molar-refractivity contribution in [3.05, 3.63) is 12.5 Å². The van der Waals surface area contributed by atoms with Gasteiger partial charge in [0.25, 0.3) is 10.0 Å². The van der Waals surface area contributed by atoms with Gasteiger partial charge in [0.1, 0.15) is 0 Å². The van der Waals surface area contributed by atoms with Crippen LogP contribution in [0.1, 0.15) is 13.3 Å². The van der Waals surface area contributed by atoms with E-state index >= 15 is 0 Å². The second-order valence-corrected chi connectivity index (χ2v) is 6.43. The molecule has 0 bridgehead atoms. The summed E-state index contributed by atoms with van der Waals surface area (Å²) in [5.74, 6) is 0. The molecule has 0 amide bonds. The van der Waals surface area contributed by atoms with Gasteiger partial charge >= 0.3 is 0 Å². The molecule has 3 N–H and O–H groups in total. The highest BCUT2D eigenvalue weighted by Gasteiger charge is 2.39. The average Bonchev–Trinajstić information content (AvgIpc) is 2.87. The first-order valence-electron chi connectivity index (χ1n) is 5.17. The molecule has 0 spiro atoms. The molecule has 16 heavy (non-hydrogen) atoms. The van der Waals surface area contributed by atoms with Gasteiger partial charge in [0, 0.05) is 13.1 Å². The minimum absolute atomic E-state index is 0.104. The molecule has 0 aromatic carbocycles. The number of aromatic amines is 1. The summed E-state index contributed by atoms with van der Waals surface area (Å²) < 4.78 is 25.7.